The Morgan fingerprint density at radius 1 is 1.33 bits per heavy atom. The summed E-state index contributed by atoms with van der Waals surface area (Å²) in [6.45, 7) is 7.35. The molecule has 0 aromatic carbocycles. The van der Waals surface area contributed by atoms with Crippen molar-refractivity contribution in [3.63, 3.8) is 0 Å². The summed E-state index contributed by atoms with van der Waals surface area (Å²) in [5.41, 5.74) is 6.17. The molecular weight excluding hydrogens is 190 g/mol. The molecule has 2 aliphatic heterocycles. The number of rotatable bonds is 1. The van der Waals surface area contributed by atoms with Crippen LogP contribution in [-0.2, 0) is 4.74 Å². The van der Waals surface area contributed by atoms with E-state index < -0.39 is 0 Å². The molecule has 3 atom stereocenters. The van der Waals surface area contributed by atoms with E-state index in [1.807, 2.05) is 0 Å². The fourth-order valence-corrected chi connectivity index (χ4v) is 2.73. The molecule has 3 unspecified atom stereocenters. The summed E-state index contributed by atoms with van der Waals surface area (Å²) < 4.78 is 5.55. The van der Waals surface area contributed by atoms with Crippen molar-refractivity contribution >= 4 is 0 Å². The average Bonchev–Trinajstić information content (AvgIpc) is 2.20. The van der Waals surface area contributed by atoms with Gasteiger partial charge in [0.1, 0.15) is 0 Å². The van der Waals surface area contributed by atoms with Crippen molar-refractivity contribution in [3.8, 4) is 0 Å². The first-order chi connectivity index (χ1) is 7.18. The topological polar surface area (TPSA) is 41.7 Å². The number of nitrogens with zero attached hydrogens (tertiary/aromatic N) is 2. The number of hydrogen-bond donors (Lipinski definition) is 1. The van der Waals surface area contributed by atoms with Gasteiger partial charge in [0, 0.05) is 44.4 Å². The highest BCUT2D eigenvalue weighted by Crippen LogP contribution is 2.18. The summed E-state index contributed by atoms with van der Waals surface area (Å²) in [4.78, 5) is 4.92. The summed E-state index contributed by atoms with van der Waals surface area (Å²) in [6.07, 6.45) is 1.00. The van der Waals surface area contributed by atoms with Crippen LogP contribution in [0.3, 0.4) is 0 Å². The molecule has 2 N–H and O–H groups in total. The number of hydrogen-bond acceptors (Lipinski definition) is 4. The maximum atomic E-state index is 6.17. The molecular formula is C11H23N3O. The molecule has 2 fully saturated rings. The van der Waals surface area contributed by atoms with E-state index >= 15 is 0 Å². The van der Waals surface area contributed by atoms with E-state index in [0.29, 0.717) is 18.1 Å². The number of likely N-dealkylation sites (N-methyl/N-ethyl adjacent to an activating group) is 1. The Bertz CT molecular complexity index is 212. The quantitative estimate of drug-likeness (QED) is 0.651. The Balaban J connectivity index is 1.96. The van der Waals surface area contributed by atoms with Crippen molar-refractivity contribution in [2.45, 2.75) is 31.5 Å². The maximum Gasteiger partial charge on any atom is 0.0637 e. The van der Waals surface area contributed by atoms with Crippen LogP contribution >= 0.6 is 0 Å². The first-order valence-corrected chi connectivity index (χ1v) is 5.96. The molecule has 0 amide bonds. The van der Waals surface area contributed by atoms with Gasteiger partial charge < -0.3 is 15.4 Å². The fourth-order valence-electron chi connectivity index (χ4n) is 2.73. The highest BCUT2D eigenvalue weighted by atomic mass is 16.5. The van der Waals surface area contributed by atoms with Crippen LogP contribution in [0.2, 0.25) is 0 Å². The minimum Gasteiger partial charge on any atom is -0.380 e. The molecule has 0 aliphatic carbocycles. The highest BCUT2D eigenvalue weighted by Gasteiger charge is 2.33. The Labute approximate surface area is 92.4 Å². The summed E-state index contributed by atoms with van der Waals surface area (Å²) in [6, 6.07) is 1.33. The van der Waals surface area contributed by atoms with E-state index in [-0.39, 0.29) is 0 Å². The molecule has 0 aromatic heterocycles. The van der Waals surface area contributed by atoms with Crippen LogP contribution in [0.1, 0.15) is 13.3 Å². The van der Waals surface area contributed by atoms with E-state index in [0.717, 1.165) is 39.3 Å². The molecule has 2 aliphatic rings. The zero-order chi connectivity index (χ0) is 10.8. The summed E-state index contributed by atoms with van der Waals surface area (Å²) in [7, 11) is 2.19. The second-order valence-corrected chi connectivity index (χ2v) is 4.94. The molecule has 0 radical (unpaired) electrons. The van der Waals surface area contributed by atoms with Crippen LogP contribution in [0.5, 0.6) is 0 Å². The Kier molecular flexibility index (Phi) is 3.61. The second-order valence-electron chi connectivity index (χ2n) is 4.94. The molecule has 0 bridgehead atoms. The summed E-state index contributed by atoms with van der Waals surface area (Å²) >= 11 is 0. The van der Waals surface area contributed by atoms with Crippen LogP contribution in [-0.4, -0.2) is 67.8 Å². The lowest BCUT2D eigenvalue weighted by atomic mass is 10.00. The third kappa shape index (κ3) is 2.50. The number of ether oxygens (including phenoxy) is 1. The molecule has 2 heterocycles. The Hall–Kier alpha value is -0.160. The minimum atomic E-state index is 0.296. The van der Waals surface area contributed by atoms with Gasteiger partial charge in [-0.25, -0.2) is 0 Å². The lowest BCUT2D eigenvalue weighted by Crippen LogP contribution is -2.61. The third-order valence-corrected chi connectivity index (χ3v) is 3.69. The normalized spacial score (nSPS) is 40.6. The largest absolute Gasteiger partial charge is 0.380 e. The van der Waals surface area contributed by atoms with Gasteiger partial charge in [-0.05, 0) is 20.4 Å². The molecule has 0 spiro atoms. The Morgan fingerprint density at radius 3 is 2.80 bits per heavy atom. The van der Waals surface area contributed by atoms with Crippen molar-refractivity contribution in [1.29, 1.82) is 0 Å². The van der Waals surface area contributed by atoms with E-state index in [1.54, 1.807) is 0 Å². The Morgan fingerprint density at radius 2 is 2.13 bits per heavy atom. The van der Waals surface area contributed by atoms with Crippen molar-refractivity contribution in [1.82, 2.24) is 9.80 Å². The van der Waals surface area contributed by atoms with Crippen LogP contribution < -0.4 is 5.73 Å². The van der Waals surface area contributed by atoms with Gasteiger partial charge in [0.25, 0.3) is 0 Å². The molecule has 0 saturated carbocycles. The van der Waals surface area contributed by atoms with Crippen LogP contribution in [0.4, 0.5) is 0 Å². The standard InChI is InChI=1S/C11H23N3O/c1-9-7-13(2)4-5-14(9)11-8-15-6-3-10(11)12/h9-11H,3-8,12H2,1-2H3. The molecule has 4 nitrogen and oxygen atoms in total. The highest BCUT2D eigenvalue weighted by molar-refractivity contribution is 4.90. The maximum absolute atomic E-state index is 6.17. The first-order valence-electron chi connectivity index (χ1n) is 5.96. The van der Waals surface area contributed by atoms with Gasteiger partial charge in [-0.1, -0.05) is 0 Å². The van der Waals surface area contributed by atoms with Crippen LogP contribution in [0.25, 0.3) is 0 Å². The van der Waals surface area contributed by atoms with Gasteiger partial charge in [-0.15, -0.1) is 0 Å². The van der Waals surface area contributed by atoms with Crippen LogP contribution in [0.15, 0.2) is 0 Å². The lowest BCUT2D eigenvalue weighted by molar-refractivity contribution is -0.0299. The van der Waals surface area contributed by atoms with Crippen LogP contribution in [0, 0.1) is 0 Å². The molecule has 2 rings (SSSR count). The zero-order valence-electron chi connectivity index (χ0n) is 9.85. The van der Waals surface area contributed by atoms with E-state index in [4.69, 9.17) is 10.5 Å². The average molecular weight is 213 g/mol. The van der Waals surface area contributed by atoms with Gasteiger partial charge in [0.2, 0.25) is 0 Å². The zero-order valence-corrected chi connectivity index (χ0v) is 9.85. The van der Waals surface area contributed by atoms with E-state index in [2.05, 4.69) is 23.8 Å². The summed E-state index contributed by atoms with van der Waals surface area (Å²) in [5, 5.41) is 0. The molecule has 88 valence electrons. The van der Waals surface area contributed by atoms with E-state index in [1.165, 1.54) is 0 Å². The molecule has 0 aromatic rings. The minimum absolute atomic E-state index is 0.296. The number of piperazine rings is 1. The monoisotopic (exact) mass is 213 g/mol. The fraction of sp³-hybridized carbons (Fsp3) is 1.00. The van der Waals surface area contributed by atoms with Gasteiger partial charge in [-0.2, -0.15) is 0 Å². The number of nitrogens with two attached hydrogens (primary N) is 1. The van der Waals surface area contributed by atoms with Crippen molar-refractivity contribution in [2.24, 2.45) is 5.73 Å². The summed E-state index contributed by atoms with van der Waals surface area (Å²) in [5.74, 6) is 0. The van der Waals surface area contributed by atoms with Crippen molar-refractivity contribution < 1.29 is 4.74 Å². The SMILES string of the molecule is CC1CN(C)CCN1C1COCCC1N. The molecule has 4 heteroatoms. The first kappa shape index (κ1) is 11.3. The van der Waals surface area contributed by atoms with Gasteiger partial charge in [-0.3, -0.25) is 4.90 Å². The van der Waals surface area contributed by atoms with Gasteiger partial charge in [0.05, 0.1) is 6.61 Å². The van der Waals surface area contributed by atoms with Gasteiger partial charge in [0.15, 0.2) is 0 Å². The molecule has 2 saturated heterocycles. The second kappa shape index (κ2) is 4.78. The van der Waals surface area contributed by atoms with Gasteiger partial charge >= 0.3 is 0 Å². The third-order valence-electron chi connectivity index (χ3n) is 3.69. The van der Waals surface area contributed by atoms with Crippen molar-refractivity contribution in [2.75, 3.05) is 39.9 Å². The lowest BCUT2D eigenvalue weighted by Gasteiger charge is -2.46. The predicted octanol–water partition coefficient (Wildman–Crippen LogP) is -0.261. The van der Waals surface area contributed by atoms with E-state index in [9.17, 15) is 0 Å². The predicted molar refractivity (Wildman–Crippen MR) is 60.9 cm³/mol. The molecule has 15 heavy (non-hydrogen) atoms. The smallest absolute Gasteiger partial charge is 0.0637 e. The van der Waals surface area contributed by atoms with Crippen molar-refractivity contribution in [3.05, 3.63) is 0 Å².